The monoisotopic (exact) mass is 448 g/mol. The van der Waals surface area contributed by atoms with Gasteiger partial charge in [-0.25, -0.2) is 4.98 Å². The molecule has 1 atom stereocenters. The molecule has 2 aliphatic heterocycles. The number of amides is 2. The Labute approximate surface area is 194 Å². The van der Waals surface area contributed by atoms with E-state index in [0.29, 0.717) is 43.0 Å². The predicted octanol–water partition coefficient (Wildman–Crippen LogP) is 3.52. The Balaban J connectivity index is 1.38. The van der Waals surface area contributed by atoms with E-state index < -0.39 is 0 Å². The third-order valence-electron chi connectivity index (χ3n) is 7.48. The van der Waals surface area contributed by atoms with E-state index >= 15 is 0 Å². The van der Waals surface area contributed by atoms with Crippen LogP contribution in [0.5, 0.6) is 0 Å². The molecule has 2 amide bonds. The fourth-order valence-corrected chi connectivity index (χ4v) is 5.54. The van der Waals surface area contributed by atoms with Crippen molar-refractivity contribution in [2.45, 2.75) is 70.9 Å². The number of hydrogen-bond acceptors (Lipinski definition) is 4. The molecule has 2 fully saturated rings. The Morgan fingerprint density at radius 2 is 1.73 bits per heavy atom. The molecule has 174 valence electrons. The lowest BCUT2D eigenvalue weighted by Crippen LogP contribution is -2.43. The van der Waals surface area contributed by atoms with Gasteiger partial charge in [-0.05, 0) is 51.2 Å². The molecule has 0 unspecified atom stereocenters. The maximum atomic E-state index is 13.3. The van der Waals surface area contributed by atoms with E-state index in [1.807, 2.05) is 41.0 Å². The van der Waals surface area contributed by atoms with E-state index in [4.69, 9.17) is 4.98 Å². The number of piperidine rings is 1. The highest BCUT2D eigenvalue weighted by molar-refractivity contribution is 5.94. The zero-order valence-corrected chi connectivity index (χ0v) is 19.3. The molecule has 5 rings (SSSR count). The molecule has 3 heterocycles. The van der Waals surface area contributed by atoms with Crippen LogP contribution >= 0.6 is 0 Å². The van der Waals surface area contributed by atoms with Crippen molar-refractivity contribution < 1.29 is 9.59 Å². The van der Waals surface area contributed by atoms with Crippen LogP contribution in [0.3, 0.4) is 0 Å². The average Bonchev–Trinajstić information content (AvgIpc) is 3.38. The van der Waals surface area contributed by atoms with Gasteiger partial charge in [0.2, 0.25) is 5.91 Å². The largest absolute Gasteiger partial charge is 0.337 e. The van der Waals surface area contributed by atoms with Crippen molar-refractivity contribution in [3.63, 3.8) is 0 Å². The van der Waals surface area contributed by atoms with Gasteiger partial charge in [-0.1, -0.05) is 30.5 Å². The summed E-state index contributed by atoms with van der Waals surface area (Å²) in [7, 11) is 0. The summed E-state index contributed by atoms with van der Waals surface area (Å²) in [5, 5.41) is 0. The number of nitrogens with zero attached hydrogens (tertiary/aromatic N) is 3. The minimum absolute atomic E-state index is 0.0200. The summed E-state index contributed by atoms with van der Waals surface area (Å²) in [6.07, 6.45) is 7.46. The number of hydrogen-bond donors (Lipinski definition) is 1. The SMILES string of the molecule is Cc1ccc(C(=O)N2CCCC[C@@H]2c2nc3c(c(=O)[nH]2)CN(C(=O)C2CCCC2)CC3)cc1. The van der Waals surface area contributed by atoms with Crippen LogP contribution in [0.15, 0.2) is 29.1 Å². The molecule has 0 radical (unpaired) electrons. The van der Waals surface area contributed by atoms with Crippen LogP contribution < -0.4 is 5.56 Å². The van der Waals surface area contributed by atoms with E-state index in [2.05, 4.69) is 4.98 Å². The third kappa shape index (κ3) is 4.33. The molecular formula is C26H32N4O3. The average molecular weight is 449 g/mol. The van der Waals surface area contributed by atoms with Crippen molar-refractivity contribution in [1.29, 1.82) is 0 Å². The van der Waals surface area contributed by atoms with Gasteiger partial charge in [0.15, 0.2) is 0 Å². The van der Waals surface area contributed by atoms with Crippen molar-refractivity contribution in [3.05, 3.63) is 62.8 Å². The first-order chi connectivity index (χ1) is 16.0. The number of carbonyl (C=O) groups is 2. The number of aromatic nitrogens is 2. The van der Waals surface area contributed by atoms with Crippen molar-refractivity contribution in [1.82, 2.24) is 19.8 Å². The van der Waals surface area contributed by atoms with Crippen LogP contribution in [0.4, 0.5) is 0 Å². The molecule has 1 saturated heterocycles. The lowest BCUT2D eigenvalue weighted by Gasteiger charge is -2.36. The second-order valence-corrected chi connectivity index (χ2v) is 9.74. The Morgan fingerprint density at radius 1 is 1.00 bits per heavy atom. The second-order valence-electron chi connectivity index (χ2n) is 9.74. The molecule has 1 aliphatic carbocycles. The fourth-order valence-electron chi connectivity index (χ4n) is 5.54. The van der Waals surface area contributed by atoms with Crippen LogP contribution in [0.1, 0.15) is 84.0 Å². The Hall–Kier alpha value is -2.96. The Kier molecular flexibility index (Phi) is 6.04. The first kappa shape index (κ1) is 21.9. The van der Waals surface area contributed by atoms with Crippen LogP contribution in [-0.2, 0) is 17.8 Å². The molecule has 7 heteroatoms. The van der Waals surface area contributed by atoms with Crippen molar-refractivity contribution in [2.24, 2.45) is 5.92 Å². The summed E-state index contributed by atoms with van der Waals surface area (Å²) in [5.74, 6) is 0.855. The van der Waals surface area contributed by atoms with Crippen molar-refractivity contribution >= 4 is 11.8 Å². The molecule has 0 spiro atoms. The van der Waals surface area contributed by atoms with Crippen LogP contribution in [0.2, 0.25) is 0 Å². The van der Waals surface area contributed by atoms with Gasteiger partial charge >= 0.3 is 0 Å². The number of carbonyl (C=O) groups excluding carboxylic acids is 2. The molecule has 3 aliphatic rings. The van der Waals surface area contributed by atoms with E-state index in [1.165, 1.54) is 0 Å². The lowest BCUT2D eigenvalue weighted by atomic mass is 9.98. The van der Waals surface area contributed by atoms with E-state index in [0.717, 1.165) is 56.2 Å². The minimum Gasteiger partial charge on any atom is -0.337 e. The van der Waals surface area contributed by atoms with Gasteiger partial charge in [0.05, 0.1) is 23.8 Å². The second kappa shape index (κ2) is 9.12. The van der Waals surface area contributed by atoms with Crippen LogP contribution in [0.25, 0.3) is 0 Å². The van der Waals surface area contributed by atoms with E-state index in [-0.39, 0.29) is 29.3 Å². The predicted molar refractivity (Wildman–Crippen MR) is 125 cm³/mol. The summed E-state index contributed by atoms with van der Waals surface area (Å²) in [5.41, 5.74) is 2.98. The standard InChI is InChI=1S/C26H32N4O3/c1-17-9-11-19(12-10-17)26(33)30-14-5-4-8-22(30)23-27-21-13-15-29(16-20(21)24(31)28-23)25(32)18-6-2-3-7-18/h9-12,18,22H,2-8,13-16H2,1H3,(H,27,28,31)/t22-/m1/s1. The first-order valence-electron chi connectivity index (χ1n) is 12.3. The van der Waals surface area contributed by atoms with Gasteiger partial charge in [-0.15, -0.1) is 0 Å². The quantitative estimate of drug-likeness (QED) is 0.778. The Morgan fingerprint density at radius 3 is 2.48 bits per heavy atom. The zero-order valence-electron chi connectivity index (χ0n) is 19.3. The van der Waals surface area contributed by atoms with Gasteiger partial charge in [0.25, 0.3) is 11.5 Å². The van der Waals surface area contributed by atoms with Gasteiger partial charge in [-0.3, -0.25) is 14.4 Å². The molecule has 1 aromatic heterocycles. The number of nitrogens with one attached hydrogen (secondary N) is 1. The maximum absolute atomic E-state index is 13.3. The van der Waals surface area contributed by atoms with Gasteiger partial charge in [0.1, 0.15) is 5.82 Å². The number of aryl methyl sites for hydroxylation is 1. The van der Waals surface area contributed by atoms with Crippen molar-refractivity contribution in [2.75, 3.05) is 13.1 Å². The summed E-state index contributed by atoms with van der Waals surface area (Å²) in [6.45, 7) is 3.60. The normalized spacial score (nSPS) is 21.2. The van der Waals surface area contributed by atoms with E-state index in [1.54, 1.807) is 0 Å². The molecular weight excluding hydrogens is 416 g/mol. The number of H-pyrrole nitrogens is 1. The molecule has 2 aromatic rings. The van der Waals surface area contributed by atoms with E-state index in [9.17, 15) is 14.4 Å². The first-order valence-corrected chi connectivity index (χ1v) is 12.3. The topological polar surface area (TPSA) is 86.4 Å². The zero-order chi connectivity index (χ0) is 22.9. The highest BCUT2D eigenvalue weighted by Crippen LogP contribution is 2.31. The number of likely N-dealkylation sites (tertiary alicyclic amines) is 1. The summed E-state index contributed by atoms with van der Waals surface area (Å²) in [4.78, 5) is 50.7. The number of benzene rings is 1. The van der Waals surface area contributed by atoms with Gasteiger partial charge in [0, 0.05) is 31.0 Å². The molecule has 7 nitrogen and oxygen atoms in total. The molecule has 0 bridgehead atoms. The Bertz CT molecular complexity index is 1100. The van der Waals surface area contributed by atoms with Crippen LogP contribution in [-0.4, -0.2) is 44.7 Å². The van der Waals surface area contributed by atoms with Crippen molar-refractivity contribution in [3.8, 4) is 0 Å². The molecule has 1 N–H and O–H groups in total. The molecule has 1 saturated carbocycles. The maximum Gasteiger partial charge on any atom is 0.256 e. The van der Waals surface area contributed by atoms with Gasteiger partial charge in [-0.2, -0.15) is 0 Å². The highest BCUT2D eigenvalue weighted by atomic mass is 16.2. The number of rotatable bonds is 3. The highest BCUT2D eigenvalue weighted by Gasteiger charge is 2.34. The smallest absolute Gasteiger partial charge is 0.256 e. The third-order valence-corrected chi connectivity index (χ3v) is 7.48. The van der Waals surface area contributed by atoms with Gasteiger partial charge < -0.3 is 14.8 Å². The number of aromatic amines is 1. The fraction of sp³-hybridized carbons (Fsp3) is 0.538. The number of fused-ring (bicyclic) bond motifs is 1. The summed E-state index contributed by atoms with van der Waals surface area (Å²) >= 11 is 0. The minimum atomic E-state index is -0.233. The molecule has 1 aromatic carbocycles. The summed E-state index contributed by atoms with van der Waals surface area (Å²) in [6, 6.07) is 7.39. The lowest BCUT2D eigenvalue weighted by molar-refractivity contribution is -0.136. The summed E-state index contributed by atoms with van der Waals surface area (Å²) < 4.78 is 0. The van der Waals surface area contributed by atoms with Crippen LogP contribution in [0, 0.1) is 12.8 Å². The molecule has 33 heavy (non-hydrogen) atoms.